The van der Waals surface area contributed by atoms with Crippen molar-refractivity contribution < 1.29 is 4.74 Å². The molecular formula is C16H25NO. The van der Waals surface area contributed by atoms with E-state index in [0.717, 1.165) is 6.61 Å². The van der Waals surface area contributed by atoms with Crippen LogP contribution in [0.15, 0.2) is 18.2 Å². The van der Waals surface area contributed by atoms with Crippen LogP contribution in [0.5, 0.6) is 0 Å². The third-order valence-electron chi connectivity index (χ3n) is 3.78. The number of ether oxygens (including phenoxy) is 1. The summed E-state index contributed by atoms with van der Waals surface area (Å²) in [6.45, 7) is 9.71. The Hall–Kier alpha value is -0.860. The van der Waals surface area contributed by atoms with Gasteiger partial charge in [-0.05, 0) is 46.1 Å². The van der Waals surface area contributed by atoms with Crippen molar-refractivity contribution in [3.63, 3.8) is 0 Å². The van der Waals surface area contributed by atoms with Crippen LogP contribution in [-0.4, -0.2) is 18.8 Å². The first-order valence-corrected chi connectivity index (χ1v) is 7.02. The van der Waals surface area contributed by atoms with E-state index in [2.05, 4.69) is 51.2 Å². The molecule has 0 aromatic heterocycles. The Kier molecular flexibility index (Phi) is 4.41. The highest BCUT2D eigenvalue weighted by Crippen LogP contribution is 2.20. The van der Waals surface area contributed by atoms with Gasteiger partial charge in [0.15, 0.2) is 0 Å². The van der Waals surface area contributed by atoms with Gasteiger partial charge >= 0.3 is 0 Å². The fourth-order valence-corrected chi connectivity index (χ4v) is 2.85. The first-order chi connectivity index (χ1) is 8.56. The van der Waals surface area contributed by atoms with E-state index in [0.29, 0.717) is 18.2 Å². The molecule has 0 amide bonds. The largest absolute Gasteiger partial charge is 0.377 e. The lowest BCUT2D eigenvalue weighted by molar-refractivity contribution is 0.0804. The summed E-state index contributed by atoms with van der Waals surface area (Å²) in [5, 5.41) is 3.67. The fourth-order valence-electron chi connectivity index (χ4n) is 2.85. The lowest BCUT2D eigenvalue weighted by Gasteiger charge is -2.25. The van der Waals surface area contributed by atoms with Gasteiger partial charge in [0.25, 0.3) is 0 Å². The summed E-state index contributed by atoms with van der Waals surface area (Å²) in [4.78, 5) is 0. The van der Waals surface area contributed by atoms with E-state index in [1.165, 1.54) is 29.5 Å². The number of aryl methyl sites for hydroxylation is 2. The van der Waals surface area contributed by atoms with E-state index < -0.39 is 0 Å². The lowest BCUT2D eigenvalue weighted by atomic mass is 10.0. The number of benzene rings is 1. The van der Waals surface area contributed by atoms with Crippen molar-refractivity contribution in [1.29, 1.82) is 0 Å². The van der Waals surface area contributed by atoms with E-state index in [9.17, 15) is 0 Å². The van der Waals surface area contributed by atoms with Crippen molar-refractivity contribution in [3.05, 3.63) is 34.9 Å². The zero-order valence-corrected chi connectivity index (χ0v) is 12.0. The number of hydrogen-bond acceptors (Lipinski definition) is 2. The zero-order chi connectivity index (χ0) is 13.1. The monoisotopic (exact) mass is 247 g/mol. The molecule has 1 heterocycles. The van der Waals surface area contributed by atoms with Crippen molar-refractivity contribution in [2.45, 2.75) is 58.7 Å². The summed E-state index contributed by atoms with van der Waals surface area (Å²) in [5.74, 6) is 0. The SMILES string of the molecule is Cc1cc(C)cc(C(C)NC(C)C2CCCO2)c1. The molecule has 1 aliphatic heterocycles. The Morgan fingerprint density at radius 3 is 2.39 bits per heavy atom. The van der Waals surface area contributed by atoms with Crippen LogP contribution in [0.1, 0.15) is 49.4 Å². The van der Waals surface area contributed by atoms with Crippen molar-refractivity contribution in [1.82, 2.24) is 5.32 Å². The van der Waals surface area contributed by atoms with E-state index in [1.54, 1.807) is 0 Å². The van der Waals surface area contributed by atoms with Crippen molar-refractivity contribution in [3.8, 4) is 0 Å². The molecule has 0 saturated carbocycles. The molecule has 1 fully saturated rings. The average molecular weight is 247 g/mol. The molecule has 3 atom stereocenters. The predicted molar refractivity (Wildman–Crippen MR) is 75.9 cm³/mol. The van der Waals surface area contributed by atoms with Gasteiger partial charge in [-0.3, -0.25) is 0 Å². The van der Waals surface area contributed by atoms with Gasteiger partial charge in [-0.2, -0.15) is 0 Å². The van der Waals surface area contributed by atoms with Crippen LogP contribution in [0.25, 0.3) is 0 Å². The van der Waals surface area contributed by atoms with Crippen molar-refractivity contribution >= 4 is 0 Å². The average Bonchev–Trinajstić information content (AvgIpc) is 2.80. The highest BCUT2D eigenvalue weighted by Gasteiger charge is 2.23. The normalized spacial score (nSPS) is 23.0. The minimum atomic E-state index is 0.378. The third kappa shape index (κ3) is 3.33. The van der Waals surface area contributed by atoms with Crippen LogP contribution in [0.3, 0.4) is 0 Å². The molecule has 1 N–H and O–H groups in total. The first kappa shape index (κ1) is 13.6. The Bertz CT molecular complexity index is 376. The quantitative estimate of drug-likeness (QED) is 0.879. The van der Waals surface area contributed by atoms with Gasteiger partial charge in [0, 0.05) is 18.7 Å². The molecular weight excluding hydrogens is 222 g/mol. The Morgan fingerprint density at radius 1 is 1.17 bits per heavy atom. The summed E-state index contributed by atoms with van der Waals surface area (Å²) >= 11 is 0. The molecule has 2 heteroatoms. The molecule has 1 saturated heterocycles. The van der Waals surface area contributed by atoms with Gasteiger partial charge in [0.2, 0.25) is 0 Å². The van der Waals surface area contributed by atoms with Gasteiger partial charge in [-0.1, -0.05) is 29.3 Å². The van der Waals surface area contributed by atoms with Crippen LogP contribution >= 0.6 is 0 Å². The molecule has 1 aliphatic rings. The highest BCUT2D eigenvalue weighted by atomic mass is 16.5. The van der Waals surface area contributed by atoms with Gasteiger partial charge in [-0.15, -0.1) is 0 Å². The topological polar surface area (TPSA) is 21.3 Å². The van der Waals surface area contributed by atoms with Crippen LogP contribution in [0.4, 0.5) is 0 Å². The summed E-state index contributed by atoms with van der Waals surface area (Å²) < 4.78 is 5.74. The molecule has 0 bridgehead atoms. The molecule has 3 unspecified atom stereocenters. The number of hydrogen-bond donors (Lipinski definition) is 1. The summed E-state index contributed by atoms with van der Waals surface area (Å²) in [5.41, 5.74) is 4.05. The summed E-state index contributed by atoms with van der Waals surface area (Å²) in [7, 11) is 0. The molecule has 2 nitrogen and oxygen atoms in total. The number of nitrogens with one attached hydrogen (secondary N) is 1. The first-order valence-electron chi connectivity index (χ1n) is 7.02. The van der Waals surface area contributed by atoms with E-state index >= 15 is 0 Å². The van der Waals surface area contributed by atoms with Gasteiger partial charge in [0.05, 0.1) is 6.10 Å². The maximum Gasteiger partial charge on any atom is 0.0726 e. The molecule has 1 aromatic carbocycles. The second-order valence-corrected chi connectivity index (χ2v) is 5.65. The minimum Gasteiger partial charge on any atom is -0.377 e. The van der Waals surface area contributed by atoms with Gasteiger partial charge in [0.1, 0.15) is 0 Å². The Morgan fingerprint density at radius 2 is 1.83 bits per heavy atom. The van der Waals surface area contributed by atoms with E-state index in [1.807, 2.05) is 0 Å². The number of rotatable bonds is 4. The zero-order valence-electron chi connectivity index (χ0n) is 12.0. The molecule has 1 aromatic rings. The second-order valence-electron chi connectivity index (χ2n) is 5.65. The minimum absolute atomic E-state index is 0.378. The molecule has 0 spiro atoms. The van der Waals surface area contributed by atoms with Crippen LogP contribution in [0, 0.1) is 13.8 Å². The van der Waals surface area contributed by atoms with Crippen molar-refractivity contribution in [2.24, 2.45) is 0 Å². The van der Waals surface area contributed by atoms with Crippen LogP contribution in [-0.2, 0) is 4.74 Å². The maximum absolute atomic E-state index is 5.74. The van der Waals surface area contributed by atoms with Crippen molar-refractivity contribution in [2.75, 3.05) is 6.61 Å². The molecule has 2 rings (SSSR count). The van der Waals surface area contributed by atoms with Crippen LogP contribution in [0.2, 0.25) is 0 Å². The standard InChI is InChI=1S/C16H25NO/c1-11-8-12(2)10-15(9-11)13(3)17-14(4)16-6-5-7-18-16/h8-10,13-14,16-17H,5-7H2,1-4H3. The fraction of sp³-hybridized carbons (Fsp3) is 0.625. The molecule has 100 valence electrons. The third-order valence-corrected chi connectivity index (χ3v) is 3.78. The molecule has 0 radical (unpaired) electrons. The van der Waals surface area contributed by atoms with Crippen LogP contribution < -0.4 is 5.32 Å². The summed E-state index contributed by atoms with van der Waals surface area (Å²) in [6, 6.07) is 7.56. The van der Waals surface area contributed by atoms with E-state index in [4.69, 9.17) is 4.74 Å². The maximum atomic E-state index is 5.74. The second kappa shape index (κ2) is 5.85. The van der Waals surface area contributed by atoms with Gasteiger partial charge < -0.3 is 10.1 Å². The predicted octanol–water partition coefficient (Wildman–Crippen LogP) is 3.52. The smallest absolute Gasteiger partial charge is 0.0726 e. The Balaban J connectivity index is 1.99. The summed E-state index contributed by atoms with van der Waals surface area (Å²) in [6.07, 6.45) is 2.78. The Labute approximate surface area is 111 Å². The van der Waals surface area contributed by atoms with Gasteiger partial charge in [-0.25, -0.2) is 0 Å². The lowest BCUT2D eigenvalue weighted by Crippen LogP contribution is -2.38. The molecule has 0 aliphatic carbocycles. The van der Waals surface area contributed by atoms with E-state index in [-0.39, 0.29) is 0 Å². The molecule has 18 heavy (non-hydrogen) atoms. The highest BCUT2D eigenvalue weighted by molar-refractivity contribution is 5.30.